The van der Waals surface area contributed by atoms with E-state index in [1.165, 1.54) is 12.8 Å². The molecule has 1 aliphatic heterocycles. The zero-order chi connectivity index (χ0) is 14.8. The molecule has 1 saturated carbocycles. The van der Waals surface area contributed by atoms with Crippen LogP contribution in [0.25, 0.3) is 0 Å². The van der Waals surface area contributed by atoms with Gasteiger partial charge in [0.1, 0.15) is 0 Å². The Balaban J connectivity index is 1.57. The molecule has 1 aliphatic carbocycles. The first-order valence-electron chi connectivity index (χ1n) is 7.60. The molecule has 0 bridgehead atoms. The van der Waals surface area contributed by atoms with Crippen LogP contribution in [0.15, 0.2) is 24.3 Å². The van der Waals surface area contributed by atoms with Crippen LogP contribution in [0.5, 0.6) is 0 Å². The van der Waals surface area contributed by atoms with Crippen molar-refractivity contribution >= 4 is 11.7 Å². The van der Waals surface area contributed by atoms with Gasteiger partial charge in [0.2, 0.25) is 0 Å². The average molecular weight is 290 g/mol. The number of aliphatic hydroxyl groups is 1. The van der Waals surface area contributed by atoms with Crippen molar-refractivity contribution in [2.75, 3.05) is 11.9 Å². The molecule has 21 heavy (non-hydrogen) atoms. The van der Waals surface area contributed by atoms with Crippen LogP contribution in [0.2, 0.25) is 0 Å². The standard InChI is InChI=1S/C16H22N2O3/c1-10(19)12-3-2-4-13(9-12)17-16(20)18-14-7-8-21-15(14)11-5-6-11/h2-4,9-11,14-15,19H,5-8H2,1H3,(H2,17,18,20). The molecule has 2 amide bonds. The summed E-state index contributed by atoms with van der Waals surface area (Å²) < 4.78 is 5.72. The maximum absolute atomic E-state index is 12.1. The fourth-order valence-corrected chi connectivity index (χ4v) is 2.87. The summed E-state index contributed by atoms with van der Waals surface area (Å²) in [6, 6.07) is 7.16. The molecular weight excluding hydrogens is 268 g/mol. The highest BCUT2D eigenvalue weighted by molar-refractivity contribution is 5.89. The number of benzene rings is 1. The lowest BCUT2D eigenvalue weighted by atomic mass is 10.1. The molecule has 0 radical (unpaired) electrons. The van der Waals surface area contributed by atoms with Gasteiger partial charge in [-0.1, -0.05) is 12.1 Å². The van der Waals surface area contributed by atoms with Gasteiger partial charge >= 0.3 is 6.03 Å². The lowest BCUT2D eigenvalue weighted by Crippen LogP contribution is -2.43. The Bertz CT molecular complexity index is 514. The zero-order valence-corrected chi connectivity index (χ0v) is 12.2. The number of anilines is 1. The van der Waals surface area contributed by atoms with E-state index in [1.54, 1.807) is 13.0 Å². The lowest BCUT2D eigenvalue weighted by Gasteiger charge is -2.20. The third-order valence-corrected chi connectivity index (χ3v) is 4.17. The smallest absolute Gasteiger partial charge is 0.319 e. The van der Waals surface area contributed by atoms with Crippen molar-refractivity contribution in [2.24, 2.45) is 5.92 Å². The maximum atomic E-state index is 12.1. The van der Waals surface area contributed by atoms with Crippen LogP contribution >= 0.6 is 0 Å². The SMILES string of the molecule is CC(O)c1cccc(NC(=O)NC2CCOC2C2CC2)c1. The number of aliphatic hydroxyl groups excluding tert-OH is 1. The number of nitrogens with one attached hydrogen (secondary N) is 2. The van der Waals surface area contributed by atoms with E-state index in [2.05, 4.69) is 10.6 Å². The van der Waals surface area contributed by atoms with E-state index in [9.17, 15) is 9.90 Å². The Labute approximate surface area is 124 Å². The summed E-state index contributed by atoms with van der Waals surface area (Å²) in [6.45, 7) is 2.43. The number of rotatable bonds is 4. The number of carbonyl (C=O) groups excluding carboxylic acids is 1. The molecule has 0 aromatic heterocycles. The lowest BCUT2D eigenvalue weighted by molar-refractivity contribution is 0.0829. The summed E-state index contributed by atoms with van der Waals surface area (Å²) in [6.07, 6.45) is 2.93. The molecule has 3 N–H and O–H groups in total. The Morgan fingerprint density at radius 3 is 2.90 bits per heavy atom. The normalized spacial score (nSPS) is 26.4. The summed E-state index contributed by atoms with van der Waals surface area (Å²) in [4.78, 5) is 12.1. The number of ether oxygens (including phenoxy) is 1. The quantitative estimate of drug-likeness (QED) is 0.797. The molecule has 0 spiro atoms. The number of hydrogen-bond acceptors (Lipinski definition) is 3. The highest BCUT2D eigenvalue weighted by atomic mass is 16.5. The van der Waals surface area contributed by atoms with Crippen LogP contribution in [0.4, 0.5) is 10.5 Å². The molecule has 1 saturated heterocycles. The molecule has 114 valence electrons. The molecule has 1 aromatic carbocycles. The second kappa shape index (κ2) is 6.03. The van der Waals surface area contributed by atoms with Crippen molar-refractivity contribution < 1.29 is 14.6 Å². The van der Waals surface area contributed by atoms with Gasteiger partial charge in [-0.15, -0.1) is 0 Å². The van der Waals surface area contributed by atoms with E-state index in [0.29, 0.717) is 11.6 Å². The van der Waals surface area contributed by atoms with Gasteiger partial charge in [0, 0.05) is 12.3 Å². The van der Waals surface area contributed by atoms with Crippen molar-refractivity contribution in [3.63, 3.8) is 0 Å². The molecule has 3 atom stereocenters. The molecule has 1 heterocycles. The summed E-state index contributed by atoms with van der Waals surface area (Å²) in [5, 5.41) is 15.4. The van der Waals surface area contributed by atoms with Crippen LogP contribution in [-0.2, 0) is 4.74 Å². The topological polar surface area (TPSA) is 70.6 Å². The number of amides is 2. The highest BCUT2D eigenvalue weighted by Crippen LogP contribution is 2.38. The first-order chi connectivity index (χ1) is 10.1. The predicted octanol–water partition coefficient (Wildman–Crippen LogP) is 2.43. The minimum atomic E-state index is -0.544. The third-order valence-electron chi connectivity index (χ3n) is 4.17. The molecule has 2 aliphatic rings. The largest absolute Gasteiger partial charge is 0.389 e. The first-order valence-corrected chi connectivity index (χ1v) is 7.60. The van der Waals surface area contributed by atoms with Gasteiger partial charge in [-0.2, -0.15) is 0 Å². The molecule has 2 fully saturated rings. The van der Waals surface area contributed by atoms with Gasteiger partial charge in [-0.3, -0.25) is 0 Å². The summed E-state index contributed by atoms with van der Waals surface area (Å²) >= 11 is 0. The Morgan fingerprint density at radius 1 is 1.38 bits per heavy atom. The highest BCUT2D eigenvalue weighted by Gasteiger charge is 2.41. The fraction of sp³-hybridized carbons (Fsp3) is 0.562. The average Bonchev–Trinajstić information content (AvgIpc) is 3.19. The van der Waals surface area contributed by atoms with Gasteiger partial charge in [-0.05, 0) is 49.8 Å². The van der Waals surface area contributed by atoms with Gasteiger partial charge < -0.3 is 20.5 Å². The molecule has 5 nitrogen and oxygen atoms in total. The summed E-state index contributed by atoms with van der Waals surface area (Å²) in [5.41, 5.74) is 1.47. The number of carbonyl (C=O) groups is 1. The maximum Gasteiger partial charge on any atom is 0.319 e. The number of hydrogen-bond donors (Lipinski definition) is 3. The molecule has 3 rings (SSSR count). The van der Waals surface area contributed by atoms with Crippen molar-refractivity contribution in [3.05, 3.63) is 29.8 Å². The van der Waals surface area contributed by atoms with Crippen LogP contribution < -0.4 is 10.6 Å². The zero-order valence-electron chi connectivity index (χ0n) is 12.2. The second-order valence-corrected chi connectivity index (χ2v) is 5.97. The summed E-state index contributed by atoms with van der Waals surface area (Å²) in [5.74, 6) is 0.622. The minimum Gasteiger partial charge on any atom is -0.389 e. The van der Waals surface area contributed by atoms with Crippen LogP contribution in [0.1, 0.15) is 37.9 Å². The van der Waals surface area contributed by atoms with E-state index in [-0.39, 0.29) is 18.2 Å². The van der Waals surface area contributed by atoms with Crippen molar-refractivity contribution in [2.45, 2.75) is 44.4 Å². The number of urea groups is 1. The molecule has 5 heteroatoms. The van der Waals surface area contributed by atoms with Crippen molar-refractivity contribution in [1.29, 1.82) is 0 Å². The van der Waals surface area contributed by atoms with E-state index in [4.69, 9.17) is 4.74 Å². The Kier molecular flexibility index (Phi) is 4.12. The predicted molar refractivity (Wildman–Crippen MR) is 80.1 cm³/mol. The molecular formula is C16H22N2O3. The van der Waals surface area contributed by atoms with E-state index < -0.39 is 6.10 Å². The van der Waals surface area contributed by atoms with Crippen LogP contribution in [-0.4, -0.2) is 29.9 Å². The Hall–Kier alpha value is -1.59. The van der Waals surface area contributed by atoms with Crippen LogP contribution in [0, 0.1) is 5.92 Å². The van der Waals surface area contributed by atoms with Crippen LogP contribution in [0.3, 0.4) is 0 Å². The summed E-state index contributed by atoms with van der Waals surface area (Å²) in [7, 11) is 0. The van der Waals surface area contributed by atoms with Gasteiger partial charge in [-0.25, -0.2) is 4.79 Å². The third kappa shape index (κ3) is 3.54. The van der Waals surface area contributed by atoms with Gasteiger partial charge in [0.25, 0.3) is 0 Å². The molecule has 3 unspecified atom stereocenters. The first kappa shape index (κ1) is 14.4. The van der Waals surface area contributed by atoms with Crippen molar-refractivity contribution in [3.8, 4) is 0 Å². The van der Waals surface area contributed by atoms with E-state index in [1.807, 2.05) is 18.2 Å². The minimum absolute atomic E-state index is 0.109. The fourth-order valence-electron chi connectivity index (χ4n) is 2.87. The van der Waals surface area contributed by atoms with E-state index in [0.717, 1.165) is 18.6 Å². The molecule has 1 aromatic rings. The monoisotopic (exact) mass is 290 g/mol. The van der Waals surface area contributed by atoms with Gasteiger partial charge in [0.15, 0.2) is 0 Å². The second-order valence-electron chi connectivity index (χ2n) is 5.97. The van der Waals surface area contributed by atoms with E-state index >= 15 is 0 Å². The van der Waals surface area contributed by atoms with Gasteiger partial charge in [0.05, 0.1) is 18.2 Å². The van der Waals surface area contributed by atoms with Crippen molar-refractivity contribution in [1.82, 2.24) is 5.32 Å². The Morgan fingerprint density at radius 2 is 2.19 bits per heavy atom.